The van der Waals surface area contributed by atoms with E-state index in [1.807, 2.05) is 0 Å². The number of ether oxygens (including phenoxy) is 3. The van der Waals surface area contributed by atoms with Crippen molar-refractivity contribution in [3.05, 3.63) is 72.2 Å². The van der Waals surface area contributed by atoms with Gasteiger partial charge in [0.1, 0.15) is 17.2 Å². The van der Waals surface area contributed by atoms with E-state index in [1.54, 1.807) is 68.8 Å². The molecule has 1 aromatic heterocycles. The number of methoxy groups -OCH3 is 2. The largest absolute Gasteiger partial charge is 0.497 e. The standard InChI is InChI=1S/C22H22N2O6/c1-27-17-8-9-19(28-2)15(11-17)13-23-21(25)14-30-18-6-3-5-16(12-18)24-22(26)20-7-4-10-29-20/h3-12H,13-14H2,1-2H3,(H,23,25)(H,24,26). The van der Waals surface area contributed by atoms with Crippen LogP contribution in [0.3, 0.4) is 0 Å². The molecule has 0 bridgehead atoms. The molecule has 0 radical (unpaired) electrons. The number of nitrogens with one attached hydrogen (secondary N) is 2. The lowest BCUT2D eigenvalue weighted by Crippen LogP contribution is -2.28. The summed E-state index contributed by atoms with van der Waals surface area (Å²) in [5.74, 6) is 1.30. The molecule has 0 saturated heterocycles. The van der Waals surface area contributed by atoms with Crippen LogP contribution in [0.1, 0.15) is 16.1 Å². The Kier molecular flexibility index (Phi) is 6.94. The van der Waals surface area contributed by atoms with Crippen molar-refractivity contribution in [3.8, 4) is 17.2 Å². The van der Waals surface area contributed by atoms with Crippen LogP contribution in [0.4, 0.5) is 5.69 Å². The lowest BCUT2D eigenvalue weighted by molar-refractivity contribution is -0.123. The van der Waals surface area contributed by atoms with Crippen molar-refractivity contribution >= 4 is 17.5 Å². The first-order chi connectivity index (χ1) is 14.6. The van der Waals surface area contributed by atoms with E-state index in [1.165, 1.54) is 6.26 Å². The van der Waals surface area contributed by atoms with Crippen LogP contribution in [-0.4, -0.2) is 32.6 Å². The number of carbonyl (C=O) groups excluding carboxylic acids is 2. The molecular weight excluding hydrogens is 388 g/mol. The molecule has 0 unspecified atom stereocenters. The molecule has 8 heteroatoms. The molecule has 0 spiro atoms. The van der Waals surface area contributed by atoms with E-state index >= 15 is 0 Å². The summed E-state index contributed by atoms with van der Waals surface area (Å²) in [6, 6.07) is 15.3. The third kappa shape index (κ3) is 5.54. The van der Waals surface area contributed by atoms with Gasteiger partial charge in [-0.2, -0.15) is 0 Å². The molecule has 0 fully saturated rings. The zero-order valence-corrected chi connectivity index (χ0v) is 16.6. The number of carbonyl (C=O) groups is 2. The van der Waals surface area contributed by atoms with Gasteiger partial charge in [-0.25, -0.2) is 0 Å². The predicted octanol–water partition coefficient (Wildman–Crippen LogP) is 3.24. The van der Waals surface area contributed by atoms with Gasteiger partial charge in [0.15, 0.2) is 12.4 Å². The van der Waals surface area contributed by atoms with E-state index in [4.69, 9.17) is 18.6 Å². The molecule has 3 aromatic rings. The van der Waals surface area contributed by atoms with E-state index in [0.717, 1.165) is 5.56 Å². The fourth-order valence-electron chi connectivity index (χ4n) is 2.68. The Hall–Kier alpha value is -3.94. The first kappa shape index (κ1) is 20.8. The number of rotatable bonds is 9. The predicted molar refractivity (Wildman–Crippen MR) is 110 cm³/mol. The van der Waals surface area contributed by atoms with Gasteiger partial charge in [0.05, 0.1) is 20.5 Å². The maximum atomic E-state index is 12.2. The number of hydrogen-bond acceptors (Lipinski definition) is 6. The molecule has 1 heterocycles. The number of anilines is 1. The summed E-state index contributed by atoms with van der Waals surface area (Å²) in [5.41, 5.74) is 1.31. The minimum atomic E-state index is -0.373. The van der Waals surface area contributed by atoms with Crippen molar-refractivity contribution in [2.24, 2.45) is 0 Å². The Labute approximate surface area is 173 Å². The Balaban J connectivity index is 1.52. The lowest BCUT2D eigenvalue weighted by Gasteiger charge is -2.12. The molecule has 0 saturated carbocycles. The van der Waals surface area contributed by atoms with E-state index in [0.29, 0.717) is 22.9 Å². The summed E-state index contributed by atoms with van der Waals surface area (Å²) in [4.78, 5) is 24.2. The molecule has 2 N–H and O–H groups in total. The highest BCUT2D eigenvalue weighted by atomic mass is 16.5. The molecule has 156 valence electrons. The summed E-state index contributed by atoms with van der Waals surface area (Å²) in [5, 5.41) is 5.48. The smallest absolute Gasteiger partial charge is 0.291 e. The Bertz CT molecular complexity index is 1000. The van der Waals surface area contributed by atoms with Crippen molar-refractivity contribution in [2.75, 3.05) is 26.1 Å². The van der Waals surface area contributed by atoms with Crippen molar-refractivity contribution < 1.29 is 28.2 Å². The molecular formula is C22H22N2O6. The topological polar surface area (TPSA) is 99.0 Å². The van der Waals surface area contributed by atoms with Crippen LogP contribution in [0.5, 0.6) is 17.2 Å². The fraction of sp³-hybridized carbons (Fsp3) is 0.182. The zero-order chi connectivity index (χ0) is 21.3. The van der Waals surface area contributed by atoms with E-state index < -0.39 is 0 Å². The maximum absolute atomic E-state index is 12.2. The second-order valence-electron chi connectivity index (χ2n) is 6.20. The van der Waals surface area contributed by atoms with Gasteiger partial charge in [-0.3, -0.25) is 9.59 Å². The summed E-state index contributed by atoms with van der Waals surface area (Å²) in [6.45, 7) is 0.0870. The van der Waals surface area contributed by atoms with Crippen LogP contribution in [0.15, 0.2) is 65.3 Å². The lowest BCUT2D eigenvalue weighted by atomic mass is 10.2. The van der Waals surface area contributed by atoms with Crippen LogP contribution in [0.2, 0.25) is 0 Å². The second kappa shape index (κ2) is 10.0. The molecule has 3 rings (SSSR count). The van der Waals surface area contributed by atoms with Gasteiger partial charge >= 0.3 is 0 Å². The minimum absolute atomic E-state index is 0.179. The molecule has 0 aliphatic rings. The van der Waals surface area contributed by atoms with Crippen LogP contribution >= 0.6 is 0 Å². The number of benzene rings is 2. The van der Waals surface area contributed by atoms with E-state index in [2.05, 4.69) is 10.6 Å². The number of amides is 2. The van der Waals surface area contributed by atoms with Gasteiger partial charge in [-0.05, 0) is 42.5 Å². The van der Waals surface area contributed by atoms with Gasteiger partial charge in [-0.15, -0.1) is 0 Å². The Morgan fingerprint density at radius 3 is 2.57 bits per heavy atom. The van der Waals surface area contributed by atoms with Crippen LogP contribution < -0.4 is 24.8 Å². The van der Waals surface area contributed by atoms with Gasteiger partial charge in [0.25, 0.3) is 11.8 Å². The SMILES string of the molecule is COc1ccc(OC)c(CNC(=O)COc2cccc(NC(=O)c3ccco3)c2)c1. The third-order valence-electron chi connectivity index (χ3n) is 4.17. The molecule has 0 aliphatic heterocycles. The van der Waals surface area contributed by atoms with Crippen LogP contribution in [0.25, 0.3) is 0 Å². The van der Waals surface area contributed by atoms with Crippen LogP contribution in [-0.2, 0) is 11.3 Å². The highest BCUT2D eigenvalue weighted by Gasteiger charge is 2.10. The van der Waals surface area contributed by atoms with Crippen LogP contribution in [0, 0.1) is 0 Å². The minimum Gasteiger partial charge on any atom is -0.497 e. The Morgan fingerprint density at radius 1 is 0.967 bits per heavy atom. The summed E-state index contributed by atoms with van der Waals surface area (Å²) in [6.07, 6.45) is 1.42. The first-order valence-electron chi connectivity index (χ1n) is 9.14. The summed E-state index contributed by atoms with van der Waals surface area (Å²) >= 11 is 0. The highest BCUT2D eigenvalue weighted by Crippen LogP contribution is 2.23. The third-order valence-corrected chi connectivity index (χ3v) is 4.17. The zero-order valence-electron chi connectivity index (χ0n) is 16.6. The quantitative estimate of drug-likeness (QED) is 0.562. The van der Waals surface area contributed by atoms with Crippen molar-refractivity contribution in [3.63, 3.8) is 0 Å². The van der Waals surface area contributed by atoms with Gasteiger partial charge in [0, 0.05) is 23.9 Å². The van der Waals surface area contributed by atoms with Crippen molar-refractivity contribution in [1.29, 1.82) is 0 Å². The fourth-order valence-corrected chi connectivity index (χ4v) is 2.68. The monoisotopic (exact) mass is 410 g/mol. The molecule has 30 heavy (non-hydrogen) atoms. The average molecular weight is 410 g/mol. The molecule has 2 aromatic carbocycles. The highest BCUT2D eigenvalue weighted by molar-refractivity contribution is 6.02. The van der Waals surface area contributed by atoms with Gasteiger partial charge < -0.3 is 29.3 Å². The molecule has 0 atom stereocenters. The number of furan rings is 1. The van der Waals surface area contributed by atoms with Crippen molar-refractivity contribution in [1.82, 2.24) is 5.32 Å². The average Bonchev–Trinajstić information content (AvgIpc) is 3.31. The number of hydrogen-bond donors (Lipinski definition) is 2. The summed E-state index contributed by atoms with van der Waals surface area (Å²) in [7, 11) is 3.14. The van der Waals surface area contributed by atoms with Crippen molar-refractivity contribution in [2.45, 2.75) is 6.54 Å². The maximum Gasteiger partial charge on any atom is 0.291 e. The molecule has 2 amide bonds. The molecule has 0 aliphatic carbocycles. The van der Waals surface area contributed by atoms with E-state index in [9.17, 15) is 9.59 Å². The normalized spacial score (nSPS) is 10.2. The van der Waals surface area contributed by atoms with E-state index in [-0.39, 0.29) is 30.7 Å². The molecule has 8 nitrogen and oxygen atoms in total. The second-order valence-corrected chi connectivity index (χ2v) is 6.20. The van der Waals surface area contributed by atoms with Gasteiger partial charge in [-0.1, -0.05) is 6.07 Å². The first-order valence-corrected chi connectivity index (χ1v) is 9.14. The Morgan fingerprint density at radius 2 is 1.83 bits per heavy atom. The summed E-state index contributed by atoms with van der Waals surface area (Å²) < 4.78 is 21.1. The van der Waals surface area contributed by atoms with Gasteiger partial charge in [0.2, 0.25) is 0 Å².